The Morgan fingerprint density at radius 3 is 1.74 bits per heavy atom. The Hall–Kier alpha value is -1.88. The molecule has 0 bridgehead atoms. The second-order valence-corrected chi connectivity index (χ2v) is 10.2. The fraction of sp³-hybridized carbons (Fsp3) is 0.586. The molecular weight excluding hydrogens is 440 g/mol. The first kappa shape index (κ1) is 25.2. The second-order valence-electron chi connectivity index (χ2n) is 10.2. The Morgan fingerprint density at radius 2 is 1.18 bits per heavy atom. The summed E-state index contributed by atoms with van der Waals surface area (Å²) in [4.78, 5) is 0. The van der Waals surface area contributed by atoms with Crippen LogP contribution in [0.1, 0.15) is 101 Å². The van der Waals surface area contributed by atoms with E-state index in [1.54, 1.807) is 6.07 Å². The molecule has 2 atom stereocenters. The Balaban J connectivity index is 1.53. The van der Waals surface area contributed by atoms with Crippen molar-refractivity contribution in [1.82, 2.24) is 0 Å². The van der Waals surface area contributed by atoms with Gasteiger partial charge in [-0.15, -0.1) is 0 Å². The monoisotopic (exact) mass is 476 g/mol. The molecule has 4 rings (SSSR count). The van der Waals surface area contributed by atoms with Crippen molar-refractivity contribution in [3.8, 4) is 11.1 Å². The highest BCUT2D eigenvalue weighted by Crippen LogP contribution is 2.41. The Bertz CT molecular complexity index is 893. The Kier molecular flexibility index (Phi) is 8.34. The molecule has 2 fully saturated rings. The predicted molar refractivity (Wildman–Crippen MR) is 128 cm³/mol. The van der Waals surface area contributed by atoms with Gasteiger partial charge in [0.2, 0.25) is 0 Å². The van der Waals surface area contributed by atoms with E-state index in [0.29, 0.717) is 30.4 Å². The van der Waals surface area contributed by atoms with Crippen LogP contribution in [0.5, 0.6) is 0 Å². The van der Waals surface area contributed by atoms with E-state index in [1.165, 1.54) is 24.6 Å². The molecule has 0 N–H and O–H groups in total. The molecule has 1 saturated heterocycles. The maximum Gasteiger partial charge on any atom is 0.167 e. The van der Waals surface area contributed by atoms with E-state index < -0.39 is 29.4 Å². The fourth-order valence-electron chi connectivity index (χ4n) is 5.97. The van der Waals surface area contributed by atoms with Crippen molar-refractivity contribution in [2.45, 2.75) is 90.1 Å². The van der Waals surface area contributed by atoms with Gasteiger partial charge < -0.3 is 4.74 Å². The smallest absolute Gasteiger partial charge is 0.167 e. The highest BCUT2D eigenvalue weighted by Gasteiger charge is 2.29. The van der Waals surface area contributed by atoms with Gasteiger partial charge in [0.25, 0.3) is 0 Å². The first-order valence-corrected chi connectivity index (χ1v) is 13.0. The van der Waals surface area contributed by atoms with E-state index >= 15 is 17.6 Å². The van der Waals surface area contributed by atoms with E-state index in [2.05, 4.69) is 13.8 Å². The molecule has 0 amide bonds. The fourth-order valence-corrected chi connectivity index (χ4v) is 5.97. The average molecular weight is 477 g/mol. The van der Waals surface area contributed by atoms with Crippen molar-refractivity contribution < 1.29 is 22.3 Å². The molecule has 1 heterocycles. The van der Waals surface area contributed by atoms with Crippen LogP contribution < -0.4 is 0 Å². The number of ether oxygens (including phenoxy) is 1. The third kappa shape index (κ3) is 5.19. The van der Waals surface area contributed by atoms with Crippen molar-refractivity contribution >= 4 is 0 Å². The Labute approximate surface area is 200 Å². The molecule has 186 valence electrons. The maximum absolute atomic E-state index is 15.1. The van der Waals surface area contributed by atoms with Gasteiger partial charge in [-0.1, -0.05) is 57.4 Å². The molecule has 0 radical (unpaired) electrons. The van der Waals surface area contributed by atoms with Gasteiger partial charge in [-0.05, 0) is 68.3 Å². The lowest BCUT2D eigenvalue weighted by Crippen LogP contribution is -2.21. The van der Waals surface area contributed by atoms with E-state index in [4.69, 9.17) is 4.74 Å². The number of hydrogen-bond donors (Lipinski definition) is 0. The normalized spacial score (nSPS) is 25.5. The van der Waals surface area contributed by atoms with Crippen LogP contribution in [0.15, 0.2) is 24.3 Å². The summed E-state index contributed by atoms with van der Waals surface area (Å²) in [6.07, 6.45) is 9.16. The first-order chi connectivity index (χ1) is 16.4. The number of benzene rings is 2. The van der Waals surface area contributed by atoms with E-state index in [1.807, 2.05) is 0 Å². The largest absolute Gasteiger partial charge is 0.373 e. The third-order valence-corrected chi connectivity index (χ3v) is 7.91. The molecule has 0 aromatic heterocycles. The minimum Gasteiger partial charge on any atom is -0.373 e. The second kappa shape index (κ2) is 11.2. The lowest BCUT2D eigenvalue weighted by Gasteiger charge is -2.29. The molecule has 2 aromatic rings. The van der Waals surface area contributed by atoms with E-state index in [0.717, 1.165) is 51.4 Å². The Morgan fingerprint density at radius 1 is 0.647 bits per heavy atom. The number of halogens is 4. The van der Waals surface area contributed by atoms with Crippen LogP contribution in [0.4, 0.5) is 17.6 Å². The summed E-state index contributed by atoms with van der Waals surface area (Å²) >= 11 is 0. The SMILES string of the molecule is CCCC1CCC(c2ccc(-c3ccc(C4CCC(CCC)CO4)c(F)c3F)c(F)c2F)CC1. The highest BCUT2D eigenvalue weighted by atomic mass is 19.2. The van der Waals surface area contributed by atoms with Crippen molar-refractivity contribution in [2.24, 2.45) is 11.8 Å². The molecule has 0 spiro atoms. The van der Waals surface area contributed by atoms with Crippen molar-refractivity contribution in [1.29, 1.82) is 0 Å². The van der Waals surface area contributed by atoms with Gasteiger partial charge in [0, 0.05) is 16.7 Å². The van der Waals surface area contributed by atoms with Crippen LogP contribution in [0, 0.1) is 35.1 Å². The molecule has 2 aliphatic rings. The minimum atomic E-state index is -1.15. The minimum absolute atomic E-state index is 0.0272. The van der Waals surface area contributed by atoms with Gasteiger partial charge in [0.05, 0.1) is 12.7 Å². The zero-order valence-corrected chi connectivity index (χ0v) is 20.3. The molecular formula is C29H36F4O. The zero-order chi connectivity index (χ0) is 24.2. The summed E-state index contributed by atoms with van der Waals surface area (Å²) in [6.45, 7) is 4.81. The quantitative estimate of drug-likeness (QED) is 0.362. The topological polar surface area (TPSA) is 9.23 Å². The first-order valence-electron chi connectivity index (χ1n) is 13.0. The maximum atomic E-state index is 15.1. The summed E-state index contributed by atoms with van der Waals surface area (Å²) in [6, 6.07) is 5.76. The molecule has 5 heteroatoms. The predicted octanol–water partition coefficient (Wildman–Crippen LogP) is 9.25. The number of hydrogen-bond acceptors (Lipinski definition) is 1. The molecule has 1 nitrogen and oxygen atoms in total. The summed E-state index contributed by atoms with van der Waals surface area (Å²) in [5.41, 5.74) is 0.00967. The average Bonchev–Trinajstić information content (AvgIpc) is 2.85. The molecule has 1 saturated carbocycles. The van der Waals surface area contributed by atoms with Crippen molar-refractivity contribution in [2.75, 3.05) is 6.61 Å². The molecule has 1 aliphatic heterocycles. The van der Waals surface area contributed by atoms with Crippen molar-refractivity contribution in [3.05, 3.63) is 58.7 Å². The standard InChI is InChI=1S/C29H36F4O/c1-3-5-18-7-10-20(11-8-18)21-12-13-22(27(31)26(21)30)23-14-15-24(29(33)28(23)32)25-16-9-19(6-4-2)17-34-25/h12-15,18-20,25H,3-11,16-17H2,1-2H3. The van der Waals surface area contributed by atoms with E-state index in [9.17, 15) is 0 Å². The summed E-state index contributed by atoms with van der Waals surface area (Å²) in [5, 5.41) is 0. The van der Waals surface area contributed by atoms with Gasteiger partial charge >= 0.3 is 0 Å². The van der Waals surface area contributed by atoms with Crippen LogP contribution in [-0.4, -0.2) is 6.61 Å². The van der Waals surface area contributed by atoms with Gasteiger partial charge in [0.15, 0.2) is 23.3 Å². The van der Waals surface area contributed by atoms with E-state index in [-0.39, 0.29) is 22.6 Å². The molecule has 34 heavy (non-hydrogen) atoms. The van der Waals surface area contributed by atoms with Crippen LogP contribution in [-0.2, 0) is 4.74 Å². The number of rotatable bonds is 7. The van der Waals surface area contributed by atoms with Crippen LogP contribution in [0.2, 0.25) is 0 Å². The van der Waals surface area contributed by atoms with Gasteiger partial charge in [0.1, 0.15) is 0 Å². The summed E-state index contributed by atoms with van der Waals surface area (Å²) in [5.74, 6) is -3.13. The summed E-state index contributed by atoms with van der Waals surface area (Å²) < 4.78 is 66.1. The highest BCUT2D eigenvalue weighted by molar-refractivity contribution is 5.66. The van der Waals surface area contributed by atoms with Crippen molar-refractivity contribution in [3.63, 3.8) is 0 Å². The lowest BCUT2D eigenvalue weighted by atomic mass is 9.77. The summed E-state index contributed by atoms with van der Waals surface area (Å²) in [7, 11) is 0. The van der Waals surface area contributed by atoms with Gasteiger partial charge in [-0.3, -0.25) is 0 Å². The zero-order valence-electron chi connectivity index (χ0n) is 20.3. The van der Waals surface area contributed by atoms with Crippen LogP contribution in [0.25, 0.3) is 11.1 Å². The molecule has 2 aromatic carbocycles. The lowest BCUT2D eigenvalue weighted by molar-refractivity contribution is -0.0214. The van der Waals surface area contributed by atoms with Crippen LogP contribution >= 0.6 is 0 Å². The van der Waals surface area contributed by atoms with Gasteiger partial charge in [-0.25, -0.2) is 17.6 Å². The molecule has 1 aliphatic carbocycles. The van der Waals surface area contributed by atoms with Crippen LogP contribution in [0.3, 0.4) is 0 Å². The third-order valence-electron chi connectivity index (χ3n) is 7.91. The van der Waals surface area contributed by atoms with Gasteiger partial charge in [-0.2, -0.15) is 0 Å². The molecule has 2 unspecified atom stereocenters.